The van der Waals surface area contributed by atoms with Crippen molar-refractivity contribution in [1.82, 2.24) is 0 Å². The number of hydrogen-bond donors (Lipinski definition) is 0. The Labute approximate surface area is 152 Å². The normalized spacial score (nSPS) is 30.5. The SMILES string of the molecule is CC1=CC=C[C]1(C)[Ti]([CH3])([CH3])[CH3].CC1=C[C](C)([Ti]([CH3])([CH3])[CH3])C(C)=C1. The number of rotatable bonds is 2. The van der Waals surface area contributed by atoms with Gasteiger partial charge in [0, 0.05) is 0 Å². The van der Waals surface area contributed by atoms with E-state index in [1.807, 2.05) is 0 Å². The predicted octanol–water partition coefficient (Wildman–Crippen LogP) is 8.35. The molecule has 0 aromatic rings. The molecule has 0 nitrogen and oxygen atoms in total. The van der Waals surface area contributed by atoms with Crippen LogP contribution in [0.5, 0.6) is 0 Å². The molecule has 2 aliphatic carbocycles. The van der Waals surface area contributed by atoms with Crippen LogP contribution in [0, 0.1) is 0 Å². The van der Waals surface area contributed by atoms with Crippen molar-refractivity contribution in [2.24, 2.45) is 0 Å². The number of allylic oxidation sites excluding steroid dienone is 8. The Morgan fingerprint density at radius 2 is 1.22 bits per heavy atom. The molecule has 0 aliphatic heterocycles. The Balaban J connectivity index is 0.000000231. The van der Waals surface area contributed by atoms with Crippen molar-refractivity contribution in [2.45, 2.75) is 73.4 Å². The fraction of sp³-hybridized carbons (Fsp3) is 0.619. The van der Waals surface area contributed by atoms with E-state index >= 15 is 0 Å². The third-order valence-corrected chi connectivity index (χ3v) is 17.9. The Kier molecular flexibility index (Phi) is 6.48. The van der Waals surface area contributed by atoms with Gasteiger partial charge in [0.25, 0.3) is 0 Å². The molecule has 0 saturated heterocycles. The summed E-state index contributed by atoms with van der Waals surface area (Å²) in [6, 6.07) is 0. The summed E-state index contributed by atoms with van der Waals surface area (Å²) in [7, 11) is 0. The first-order valence-electron chi connectivity index (χ1n) is 8.90. The van der Waals surface area contributed by atoms with Gasteiger partial charge < -0.3 is 0 Å². The fourth-order valence-electron chi connectivity index (χ4n) is 3.44. The molecule has 0 amide bonds. The molecule has 2 atom stereocenters. The summed E-state index contributed by atoms with van der Waals surface area (Å²) in [4.78, 5) is 0. The maximum atomic E-state index is 2.49. The van der Waals surface area contributed by atoms with Gasteiger partial charge in [-0.2, -0.15) is 0 Å². The Morgan fingerprint density at radius 3 is 1.39 bits per heavy atom. The molecule has 2 rings (SSSR count). The molecule has 0 bridgehead atoms. The van der Waals surface area contributed by atoms with E-state index in [0.717, 1.165) is 0 Å². The van der Waals surface area contributed by atoms with Gasteiger partial charge in [-0.1, -0.05) is 0 Å². The third kappa shape index (κ3) is 4.32. The Bertz CT molecular complexity index is 576. The number of hydrogen-bond acceptors (Lipinski definition) is 0. The maximum absolute atomic E-state index is 2.49. The van der Waals surface area contributed by atoms with Gasteiger partial charge in [0.05, 0.1) is 0 Å². The summed E-state index contributed by atoms with van der Waals surface area (Å²) in [5.74, 6) is 0. The summed E-state index contributed by atoms with van der Waals surface area (Å²) in [6.45, 7) is 11.6. The molecule has 130 valence electrons. The molecular formula is C21H38Ti2. The summed E-state index contributed by atoms with van der Waals surface area (Å²) in [5.41, 5.74) is 4.59. The average molecular weight is 386 g/mol. The second-order valence-corrected chi connectivity index (χ2v) is 27.1. The molecule has 0 fully saturated rings. The van der Waals surface area contributed by atoms with Crippen molar-refractivity contribution in [1.29, 1.82) is 0 Å². The Hall–Kier alpha value is 0.389. The van der Waals surface area contributed by atoms with E-state index in [1.54, 1.807) is 11.1 Å². The van der Waals surface area contributed by atoms with Gasteiger partial charge in [-0.05, 0) is 0 Å². The van der Waals surface area contributed by atoms with Crippen molar-refractivity contribution < 1.29 is 33.2 Å². The van der Waals surface area contributed by atoms with E-state index in [-0.39, 0.29) is 0 Å². The van der Waals surface area contributed by atoms with Crippen LogP contribution in [0.3, 0.4) is 0 Å². The quantitative estimate of drug-likeness (QED) is 0.418. The molecule has 0 saturated carbocycles. The van der Waals surface area contributed by atoms with Gasteiger partial charge in [-0.25, -0.2) is 0 Å². The Morgan fingerprint density at radius 1 is 0.739 bits per heavy atom. The van der Waals surface area contributed by atoms with E-state index in [4.69, 9.17) is 0 Å². The molecule has 2 aliphatic rings. The van der Waals surface area contributed by atoms with E-state index in [9.17, 15) is 0 Å². The van der Waals surface area contributed by atoms with Crippen LogP contribution in [0.4, 0.5) is 0 Å². The van der Waals surface area contributed by atoms with Crippen molar-refractivity contribution >= 4 is 0 Å². The molecule has 0 aromatic heterocycles. The van der Waals surface area contributed by atoms with E-state index in [1.165, 1.54) is 5.57 Å². The van der Waals surface area contributed by atoms with Crippen LogP contribution in [0.25, 0.3) is 0 Å². The molecule has 0 spiro atoms. The van der Waals surface area contributed by atoms with E-state index in [2.05, 4.69) is 96.4 Å². The van der Waals surface area contributed by atoms with Crippen molar-refractivity contribution in [2.75, 3.05) is 0 Å². The monoisotopic (exact) mass is 386 g/mol. The molecule has 0 aromatic carbocycles. The standard InChI is InChI=1S/C8H11.C7H9.6CH3.2Ti/c1-6-4-7(2)8(3)5-6;1-6-4-3-5-7(6)2;;;;;;;;/h4-5H,1-3H3;3-5H,1-2H3;6*1H3;;. The third-order valence-electron chi connectivity index (χ3n) is 6.49. The zero-order chi connectivity index (χ0) is 18.3. The average Bonchev–Trinajstić information content (AvgIpc) is 2.81. The first-order chi connectivity index (χ1) is 10.1. The van der Waals surface area contributed by atoms with Crippen LogP contribution >= 0.6 is 0 Å². The second-order valence-electron chi connectivity index (χ2n) is 9.83. The van der Waals surface area contributed by atoms with Crippen LogP contribution in [-0.4, -0.2) is 0 Å². The van der Waals surface area contributed by atoms with E-state index < -0.39 is 33.2 Å². The van der Waals surface area contributed by atoms with Crippen molar-refractivity contribution in [3.63, 3.8) is 0 Å². The van der Waals surface area contributed by atoms with Gasteiger partial charge in [0.1, 0.15) is 0 Å². The summed E-state index contributed by atoms with van der Waals surface area (Å²) >= 11 is -3.15. The molecule has 0 N–H and O–H groups in total. The summed E-state index contributed by atoms with van der Waals surface area (Å²) < 4.78 is 0.907. The van der Waals surface area contributed by atoms with Crippen molar-refractivity contribution in [3.8, 4) is 0 Å². The minimum absolute atomic E-state index is 0.448. The predicted molar refractivity (Wildman–Crippen MR) is 102 cm³/mol. The van der Waals surface area contributed by atoms with Crippen LogP contribution in [0.1, 0.15) is 34.6 Å². The topological polar surface area (TPSA) is 0 Å². The minimum atomic E-state index is -1.60. The van der Waals surface area contributed by atoms with Gasteiger partial charge in [-0.3, -0.25) is 0 Å². The van der Waals surface area contributed by atoms with Gasteiger partial charge >= 0.3 is 154 Å². The summed E-state index contributed by atoms with van der Waals surface area (Å²) in [5, 5.41) is 14.9. The van der Waals surface area contributed by atoms with Crippen molar-refractivity contribution in [3.05, 3.63) is 47.1 Å². The van der Waals surface area contributed by atoms with Crippen LogP contribution in [0.15, 0.2) is 47.1 Å². The molecule has 0 heterocycles. The fourth-order valence-corrected chi connectivity index (χ4v) is 9.34. The second kappa shape index (κ2) is 6.95. The van der Waals surface area contributed by atoms with Crippen LogP contribution in [0.2, 0.25) is 38.8 Å². The van der Waals surface area contributed by atoms with Gasteiger partial charge in [0.2, 0.25) is 0 Å². The molecular weight excluding hydrogens is 348 g/mol. The molecule has 2 unspecified atom stereocenters. The van der Waals surface area contributed by atoms with Gasteiger partial charge in [-0.15, -0.1) is 0 Å². The van der Waals surface area contributed by atoms with Crippen LogP contribution < -0.4 is 0 Å². The van der Waals surface area contributed by atoms with Crippen LogP contribution in [-0.2, 0) is 33.2 Å². The zero-order valence-corrected chi connectivity index (χ0v) is 20.5. The first kappa shape index (κ1) is 21.4. The molecule has 23 heavy (non-hydrogen) atoms. The first-order valence-corrected chi connectivity index (χ1v) is 19.8. The summed E-state index contributed by atoms with van der Waals surface area (Å²) in [6.07, 6.45) is 11.7. The molecule has 0 radical (unpaired) electrons. The zero-order valence-electron chi connectivity index (χ0n) is 17.4. The molecule has 2 heteroatoms. The van der Waals surface area contributed by atoms with E-state index in [0.29, 0.717) is 7.44 Å². The van der Waals surface area contributed by atoms with Gasteiger partial charge in [0.15, 0.2) is 0 Å².